The summed E-state index contributed by atoms with van der Waals surface area (Å²) >= 11 is 0. The molecule has 0 saturated heterocycles. The quantitative estimate of drug-likeness (QED) is 0.557. The van der Waals surface area contributed by atoms with Crippen LogP contribution in [0.25, 0.3) is 0 Å². The Labute approximate surface area is 129 Å². The van der Waals surface area contributed by atoms with Gasteiger partial charge in [0.1, 0.15) is 0 Å². The lowest BCUT2D eigenvalue weighted by Gasteiger charge is -2.18. The summed E-state index contributed by atoms with van der Waals surface area (Å²) in [7, 11) is -4.06. The van der Waals surface area contributed by atoms with Crippen molar-refractivity contribution < 1.29 is 28.0 Å². The van der Waals surface area contributed by atoms with E-state index in [0.717, 1.165) is 36.4 Å². The molecule has 2 aromatic rings. The molecule has 1 heterocycles. The molecule has 0 unspecified atom stereocenters. The molecule has 0 atom stereocenters. The smallest absolute Gasteiger partial charge is 0.335 e. The van der Waals surface area contributed by atoms with Crippen molar-refractivity contribution in [2.24, 2.45) is 0 Å². The van der Waals surface area contributed by atoms with Gasteiger partial charge in [0.2, 0.25) is 9.84 Å². The van der Waals surface area contributed by atoms with Gasteiger partial charge < -0.3 is 5.11 Å². The van der Waals surface area contributed by atoms with E-state index >= 15 is 0 Å². The number of nitrogens with zero attached hydrogens (tertiary/aromatic N) is 1. The lowest BCUT2D eigenvalue weighted by Crippen LogP contribution is -2.21. The number of aromatic carboxylic acids is 1. The molecule has 8 nitrogen and oxygen atoms in total. The average molecular weight is 333 g/mol. The van der Waals surface area contributed by atoms with Crippen LogP contribution in [0.3, 0.4) is 0 Å². The topological polar surface area (TPSA) is 132 Å². The predicted octanol–water partition coefficient (Wildman–Crippen LogP) is 1.67. The zero-order valence-electron chi connectivity index (χ0n) is 11.2. The second-order valence-electron chi connectivity index (χ2n) is 4.79. The number of fused-ring (bicyclic) bond motifs is 2. The summed E-state index contributed by atoms with van der Waals surface area (Å²) in [6.07, 6.45) is 0. The van der Waals surface area contributed by atoms with Crippen LogP contribution in [-0.4, -0.2) is 30.2 Å². The summed E-state index contributed by atoms with van der Waals surface area (Å²) < 4.78 is 25.1. The van der Waals surface area contributed by atoms with Crippen LogP contribution in [0.4, 0.5) is 5.69 Å². The van der Waals surface area contributed by atoms with Crippen molar-refractivity contribution >= 4 is 27.3 Å². The summed E-state index contributed by atoms with van der Waals surface area (Å²) in [5.41, 5.74) is -1.32. The van der Waals surface area contributed by atoms with Gasteiger partial charge >= 0.3 is 5.97 Å². The Morgan fingerprint density at radius 2 is 1.61 bits per heavy atom. The second-order valence-corrected chi connectivity index (χ2v) is 6.67. The molecule has 0 spiro atoms. The van der Waals surface area contributed by atoms with Gasteiger partial charge in [-0.15, -0.1) is 0 Å². The maximum absolute atomic E-state index is 12.5. The highest BCUT2D eigenvalue weighted by molar-refractivity contribution is 7.91. The van der Waals surface area contributed by atoms with E-state index in [9.17, 15) is 28.1 Å². The predicted molar refractivity (Wildman–Crippen MR) is 75.4 cm³/mol. The summed E-state index contributed by atoms with van der Waals surface area (Å²) in [4.78, 5) is 32.9. The van der Waals surface area contributed by atoms with E-state index in [1.54, 1.807) is 0 Å². The molecular weight excluding hydrogens is 326 g/mol. The standard InChI is InChI=1S/C14H7NO7S/c16-13-9-5-7(14(17)18)1-3-11(9)23(21,22)12-4-2-8(15(19)20)6-10(12)13/h1-6H,(H,17,18). The average Bonchev–Trinajstić information content (AvgIpc) is 2.51. The number of hydrogen-bond donors (Lipinski definition) is 1. The first-order valence-corrected chi connectivity index (χ1v) is 7.67. The largest absolute Gasteiger partial charge is 0.478 e. The molecule has 9 heteroatoms. The van der Waals surface area contributed by atoms with Crippen LogP contribution in [0.1, 0.15) is 26.3 Å². The van der Waals surface area contributed by atoms with Crippen LogP contribution in [0.2, 0.25) is 0 Å². The van der Waals surface area contributed by atoms with Crippen molar-refractivity contribution in [3.05, 3.63) is 63.2 Å². The summed E-state index contributed by atoms with van der Waals surface area (Å²) in [5.74, 6) is -2.08. The van der Waals surface area contributed by atoms with Gasteiger partial charge in [-0.25, -0.2) is 13.2 Å². The number of nitro benzene ring substituents is 1. The van der Waals surface area contributed by atoms with Crippen LogP contribution in [-0.2, 0) is 9.84 Å². The molecule has 0 fully saturated rings. The van der Waals surface area contributed by atoms with E-state index in [4.69, 9.17) is 5.11 Å². The summed E-state index contributed by atoms with van der Waals surface area (Å²) in [6, 6.07) is 5.98. The third-order valence-corrected chi connectivity index (χ3v) is 5.34. The molecule has 3 rings (SSSR count). The molecule has 1 N–H and O–H groups in total. The fourth-order valence-corrected chi connectivity index (χ4v) is 4.00. The van der Waals surface area contributed by atoms with Crippen molar-refractivity contribution in [1.29, 1.82) is 0 Å². The van der Waals surface area contributed by atoms with E-state index in [0.29, 0.717) is 0 Å². The minimum absolute atomic E-state index is 0.249. The lowest BCUT2D eigenvalue weighted by molar-refractivity contribution is -0.384. The van der Waals surface area contributed by atoms with Gasteiger partial charge in [0, 0.05) is 23.3 Å². The molecular formula is C14H7NO7S. The Balaban J connectivity index is 2.33. The third kappa shape index (κ3) is 2.09. The maximum Gasteiger partial charge on any atom is 0.335 e. The maximum atomic E-state index is 12.5. The van der Waals surface area contributed by atoms with E-state index < -0.39 is 32.2 Å². The van der Waals surface area contributed by atoms with Gasteiger partial charge in [-0.2, -0.15) is 0 Å². The third-order valence-electron chi connectivity index (χ3n) is 3.47. The van der Waals surface area contributed by atoms with Crippen molar-refractivity contribution in [1.82, 2.24) is 0 Å². The fraction of sp³-hybridized carbons (Fsp3) is 0. The van der Waals surface area contributed by atoms with Crippen LogP contribution < -0.4 is 0 Å². The van der Waals surface area contributed by atoms with Gasteiger partial charge in [-0.1, -0.05) is 0 Å². The first-order chi connectivity index (χ1) is 10.7. The summed E-state index contributed by atoms with van der Waals surface area (Å²) in [5, 5.41) is 19.8. The Bertz CT molecular complexity index is 934. The number of benzene rings is 2. The molecule has 0 aromatic heterocycles. The minimum Gasteiger partial charge on any atom is -0.478 e. The van der Waals surface area contributed by atoms with Gasteiger partial charge in [-0.3, -0.25) is 14.9 Å². The SMILES string of the molecule is O=C(O)c1ccc2c(c1)C(=O)c1cc([N+](=O)[O-])ccc1S2(=O)=O. The first-order valence-electron chi connectivity index (χ1n) is 6.19. The molecule has 1 aliphatic rings. The highest BCUT2D eigenvalue weighted by atomic mass is 32.2. The van der Waals surface area contributed by atoms with Crippen molar-refractivity contribution in [2.75, 3.05) is 0 Å². The molecule has 0 aliphatic carbocycles. The molecule has 0 saturated carbocycles. The van der Waals surface area contributed by atoms with Gasteiger partial charge in [0.15, 0.2) is 5.78 Å². The van der Waals surface area contributed by atoms with Crippen molar-refractivity contribution in [3.63, 3.8) is 0 Å². The van der Waals surface area contributed by atoms with E-state index in [1.165, 1.54) is 0 Å². The number of hydrogen-bond acceptors (Lipinski definition) is 6. The zero-order valence-corrected chi connectivity index (χ0v) is 12.0. The van der Waals surface area contributed by atoms with E-state index in [2.05, 4.69) is 0 Å². The summed E-state index contributed by atoms with van der Waals surface area (Å²) in [6.45, 7) is 0. The normalized spacial score (nSPS) is 14.7. The second kappa shape index (κ2) is 4.71. The van der Waals surface area contributed by atoms with E-state index in [1.807, 2.05) is 0 Å². The number of nitro groups is 1. The first kappa shape index (κ1) is 14.9. The number of sulfone groups is 1. The number of rotatable bonds is 2. The van der Waals surface area contributed by atoms with Gasteiger partial charge in [0.05, 0.1) is 20.3 Å². The Morgan fingerprint density at radius 3 is 2.17 bits per heavy atom. The van der Waals surface area contributed by atoms with Crippen LogP contribution in [0, 0.1) is 10.1 Å². The van der Waals surface area contributed by atoms with E-state index in [-0.39, 0.29) is 26.5 Å². The highest BCUT2D eigenvalue weighted by Gasteiger charge is 2.36. The number of carbonyl (C=O) groups is 2. The zero-order chi connectivity index (χ0) is 16.9. The van der Waals surface area contributed by atoms with Crippen LogP contribution in [0.15, 0.2) is 46.2 Å². The molecule has 116 valence electrons. The highest BCUT2D eigenvalue weighted by Crippen LogP contribution is 2.36. The Kier molecular flexibility index (Phi) is 3.04. The molecule has 23 heavy (non-hydrogen) atoms. The van der Waals surface area contributed by atoms with Gasteiger partial charge in [0.25, 0.3) is 5.69 Å². The van der Waals surface area contributed by atoms with Crippen molar-refractivity contribution in [3.8, 4) is 0 Å². The Hall–Kier alpha value is -3.07. The van der Waals surface area contributed by atoms with Crippen LogP contribution >= 0.6 is 0 Å². The number of carboxylic acids is 1. The number of carbonyl (C=O) groups excluding carboxylic acids is 1. The molecule has 2 aromatic carbocycles. The minimum atomic E-state index is -4.06. The molecule has 0 bridgehead atoms. The lowest BCUT2D eigenvalue weighted by atomic mass is 10.00. The Morgan fingerprint density at radius 1 is 1.04 bits per heavy atom. The molecule has 1 aliphatic heterocycles. The number of non-ortho nitro benzene ring substituents is 1. The fourth-order valence-electron chi connectivity index (χ4n) is 2.38. The molecule has 0 amide bonds. The monoisotopic (exact) mass is 333 g/mol. The van der Waals surface area contributed by atoms with Crippen LogP contribution in [0.5, 0.6) is 0 Å². The van der Waals surface area contributed by atoms with Gasteiger partial charge in [-0.05, 0) is 24.3 Å². The number of ketones is 1. The van der Waals surface area contributed by atoms with Crippen molar-refractivity contribution in [2.45, 2.75) is 9.79 Å². The molecule has 0 radical (unpaired) electrons. The number of carboxylic acid groups (broad SMARTS) is 1.